The lowest BCUT2D eigenvalue weighted by atomic mass is 9.82. The average Bonchev–Trinajstić information content (AvgIpc) is 3.17. The molecule has 1 saturated heterocycles. The monoisotopic (exact) mass is 460 g/mol. The predicted molar refractivity (Wildman–Crippen MR) is 119 cm³/mol. The van der Waals surface area contributed by atoms with Crippen LogP contribution >= 0.6 is 23.2 Å². The van der Waals surface area contributed by atoms with Gasteiger partial charge in [-0.25, -0.2) is 4.98 Å². The number of amides is 1. The number of oxazole rings is 1. The summed E-state index contributed by atoms with van der Waals surface area (Å²) in [6, 6.07) is 1.91. The number of nitrogens with zero attached hydrogens (tertiary/aromatic N) is 2. The van der Waals surface area contributed by atoms with Crippen molar-refractivity contribution in [3.05, 3.63) is 60.8 Å². The Morgan fingerprint density at radius 1 is 1.32 bits per heavy atom. The zero-order valence-corrected chi connectivity index (χ0v) is 18.7. The van der Waals surface area contributed by atoms with Crippen LogP contribution in [0.1, 0.15) is 45.6 Å². The number of carbonyl (C=O) groups is 1. The van der Waals surface area contributed by atoms with Gasteiger partial charge in [0.1, 0.15) is 5.52 Å². The highest BCUT2D eigenvalue weighted by Crippen LogP contribution is 2.40. The number of halogens is 2. The Hall–Kier alpha value is -2.35. The first-order valence-corrected chi connectivity index (χ1v) is 11.1. The fourth-order valence-corrected chi connectivity index (χ4v) is 5.26. The van der Waals surface area contributed by atoms with E-state index in [0.717, 1.165) is 24.2 Å². The number of carbonyl (C=O) groups excluding carboxylic acids is 1. The molecule has 2 aromatic heterocycles. The van der Waals surface area contributed by atoms with Crippen molar-refractivity contribution in [2.45, 2.75) is 32.7 Å². The summed E-state index contributed by atoms with van der Waals surface area (Å²) in [6.45, 7) is 6.28. The van der Waals surface area contributed by atoms with Gasteiger partial charge >= 0.3 is 0 Å². The molecule has 0 saturated carbocycles. The summed E-state index contributed by atoms with van der Waals surface area (Å²) in [6.07, 6.45) is 1.88. The van der Waals surface area contributed by atoms with Crippen molar-refractivity contribution in [2.24, 2.45) is 5.92 Å². The number of benzene rings is 1. The van der Waals surface area contributed by atoms with Crippen LogP contribution in [0.2, 0.25) is 10.0 Å². The first-order chi connectivity index (χ1) is 14.9. The van der Waals surface area contributed by atoms with Gasteiger partial charge in [0.25, 0.3) is 11.5 Å². The molecule has 2 aliphatic rings. The molecule has 0 aliphatic carbocycles. The van der Waals surface area contributed by atoms with Gasteiger partial charge in [-0.05, 0) is 55.5 Å². The smallest absolute Gasteiger partial charge is 0.257 e. The Labute approximate surface area is 188 Å². The molecule has 4 heterocycles. The maximum atomic E-state index is 13.5. The van der Waals surface area contributed by atoms with Crippen LogP contribution < -0.4 is 10.9 Å². The maximum Gasteiger partial charge on any atom is 0.257 e. The summed E-state index contributed by atoms with van der Waals surface area (Å²) in [5.41, 5.74) is 3.84. The van der Waals surface area contributed by atoms with Crippen molar-refractivity contribution in [2.75, 3.05) is 19.6 Å². The summed E-state index contributed by atoms with van der Waals surface area (Å²) in [5, 5.41) is 4.32. The quantitative estimate of drug-likeness (QED) is 0.619. The first kappa shape index (κ1) is 20.5. The molecule has 1 atom stereocenters. The highest BCUT2D eigenvalue weighted by atomic mass is 35.5. The lowest BCUT2D eigenvalue weighted by Gasteiger charge is -2.35. The number of aromatic amines is 1. The zero-order valence-electron chi connectivity index (χ0n) is 17.2. The molecule has 0 spiro atoms. The molecule has 1 unspecified atom stereocenters. The van der Waals surface area contributed by atoms with E-state index in [4.69, 9.17) is 27.6 Å². The normalized spacial score (nSPS) is 17.7. The third kappa shape index (κ3) is 3.26. The summed E-state index contributed by atoms with van der Waals surface area (Å²) in [4.78, 5) is 34.7. The Balaban J connectivity index is 1.53. The van der Waals surface area contributed by atoms with Gasteiger partial charge in [-0.1, -0.05) is 30.1 Å². The zero-order chi connectivity index (χ0) is 21.9. The highest BCUT2D eigenvalue weighted by molar-refractivity contribution is 6.37. The molecule has 1 aromatic carbocycles. The second-order valence-corrected chi connectivity index (χ2v) is 9.17. The summed E-state index contributed by atoms with van der Waals surface area (Å²) < 4.78 is 5.47. The minimum Gasteiger partial charge on any atom is -0.443 e. The summed E-state index contributed by atoms with van der Waals surface area (Å²) in [5.74, 6) is 0.433. The van der Waals surface area contributed by atoms with Crippen molar-refractivity contribution < 1.29 is 9.21 Å². The number of aromatic nitrogens is 2. The van der Waals surface area contributed by atoms with Gasteiger partial charge in [-0.3, -0.25) is 9.59 Å². The van der Waals surface area contributed by atoms with Crippen molar-refractivity contribution in [3.63, 3.8) is 0 Å². The number of nitrogens with one attached hydrogen (secondary N) is 2. The Bertz CT molecular complexity index is 1260. The molecule has 3 aromatic rings. The first-order valence-electron chi connectivity index (χ1n) is 10.3. The van der Waals surface area contributed by atoms with Gasteiger partial charge in [0.15, 0.2) is 12.0 Å². The van der Waals surface area contributed by atoms with Gasteiger partial charge in [-0.15, -0.1) is 0 Å². The highest BCUT2D eigenvalue weighted by Gasteiger charge is 2.34. The number of fused-ring (bicyclic) bond motifs is 2. The van der Waals surface area contributed by atoms with E-state index in [1.165, 1.54) is 6.39 Å². The Morgan fingerprint density at radius 2 is 2.10 bits per heavy atom. The van der Waals surface area contributed by atoms with Crippen LogP contribution in [0, 0.1) is 12.8 Å². The van der Waals surface area contributed by atoms with Gasteiger partial charge < -0.3 is 19.6 Å². The van der Waals surface area contributed by atoms with Gasteiger partial charge in [0, 0.05) is 17.3 Å². The standard InChI is InChI=1S/C22H22Cl2N4O3/c1-10(12-6-25-7-12)14-5-16(23)13-3-4-28(22(30)17(13)18(14)24)8-15-20-19(26-9-31-20)11(2)27-21(15)29/h5,9-10,12,25H,3-4,6-8H2,1-2H3,(H,27,29). The number of rotatable bonds is 4. The number of hydrogen-bond acceptors (Lipinski definition) is 5. The van der Waals surface area contributed by atoms with E-state index in [1.54, 1.807) is 11.8 Å². The molecule has 0 radical (unpaired) electrons. The molecule has 5 rings (SSSR count). The van der Waals surface area contributed by atoms with Crippen LogP contribution in [0.3, 0.4) is 0 Å². The average molecular weight is 461 g/mol. The SMILES string of the molecule is Cc1[nH]c(=O)c(CN2CCc3c(Cl)cc(C(C)C4CNC4)c(Cl)c3C2=O)c2ocnc12. The molecule has 2 aliphatic heterocycles. The van der Waals surface area contributed by atoms with E-state index in [-0.39, 0.29) is 23.9 Å². The topological polar surface area (TPSA) is 91.2 Å². The molecule has 7 nitrogen and oxygen atoms in total. The van der Waals surface area contributed by atoms with Crippen LogP contribution in [0.4, 0.5) is 0 Å². The molecule has 1 amide bonds. The van der Waals surface area contributed by atoms with Crippen molar-refractivity contribution in [3.8, 4) is 0 Å². The lowest BCUT2D eigenvalue weighted by molar-refractivity contribution is 0.0726. The van der Waals surface area contributed by atoms with E-state index < -0.39 is 0 Å². The predicted octanol–water partition coefficient (Wildman–Crippen LogP) is 3.65. The molecule has 31 heavy (non-hydrogen) atoms. The summed E-state index contributed by atoms with van der Waals surface area (Å²) in [7, 11) is 0. The number of hydrogen-bond donors (Lipinski definition) is 2. The van der Waals surface area contributed by atoms with Crippen molar-refractivity contribution >= 4 is 40.2 Å². The third-order valence-corrected chi connectivity index (χ3v) is 7.35. The third-order valence-electron chi connectivity index (χ3n) is 6.61. The minimum atomic E-state index is -0.288. The summed E-state index contributed by atoms with van der Waals surface area (Å²) >= 11 is 13.4. The molecule has 162 valence electrons. The Kier molecular flexibility index (Phi) is 5.07. The van der Waals surface area contributed by atoms with Gasteiger partial charge in [-0.2, -0.15) is 0 Å². The van der Waals surface area contributed by atoms with Crippen molar-refractivity contribution in [1.29, 1.82) is 0 Å². The molecule has 1 fully saturated rings. The lowest BCUT2D eigenvalue weighted by Crippen LogP contribution is -2.45. The second-order valence-electron chi connectivity index (χ2n) is 8.39. The Morgan fingerprint density at radius 3 is 2.81 bits per heavy atom. The number of H-pyrrole nitrogens is 1. The van der Waals surface area contributed by atoms with Crippen LogP contribution in [0.15, 0.2) is 21.7 Å². The number of aryl methyl sites for hydroxylation is 1. The van der Waals surface area contributed by atoms with Crippen LogP contribution in [0.25, 0.3) is 11.1 Å². The van der Waals surface area contributed by atoms with E-state index in [2.05, 4.69) is 22.2 Å². The maximum absolute atomic E-state index is 13.5. The number of pyridine rings is 1. The van der Waals surface area contributed by atoms with Gasteiger partial charge in [0.05, 0.1) is 22.7 Å². The van der Waals surface area contributed by atoms with Gasteiger partial charge in [0.2, 0.25) is 0 Å². The molecule has 2 N–H and O–H groups in total. The van der Waals surface area contributed by atoms with Crippen LogP contribution in [0.5, 0.6) is 0 Å². The largest absolute Gasteiger partial charge is 0.443 e. The molecular formula is C22H22Cl2N4O3. The van der Waals surface area contributed by atoms with E-state index in [9.17, 15) is 9.59 Å². The van der Waals surface area contributed by atoms with E-state index in [1.807, 2.05) is 6.07 Å². The molecular weight excluding hydrogens is 439 g/mol. The second kappa shape index (κ2) is 7.65. The van der Waals surface area contributed by atoms with Crippen LogP contribution in [-0.4, -0.2) is 40.4 Å². The minimum absolute atomic E-state index is 0.111. The molecule has 0 bridgehead atoms. The fraction of sp³-hybridized carbons (Fsp3) is 0.409. The van der Waals surface area contributed by atoms with E-state index >= 15 is 0 Å². The van der Waals surface area contributed by atoms with Crippen molar-refractivity contribution in [1.82, 2.24) is 20.2 Å². The van der Waals surface area contributed by atoms with E-state index in [0.29, 0.717) is 56.8 Å². The van der Waals surface area contributed by atoms with Crippen LogP contribution in [-0.2, 0) is 13.0 Å². The fourth-order valence-electron chi connectivity index (χ4n) is 4.53. The molecule has 9 heteroatoms.